The molecule has 68 valence electrons. The molecule has 1 saturated heterocycles. The number of likely N-dealkylation sites (tertiary alicyclic amines) is 1. The van der Waals surface area contributed by atoms with Crippen molar-refractivity contribution in [1.82, 2.24) is 4.90 Å². The third kappa shape index (κ3) is 1.62. The molecule has 1 heterocycles. The first-order chi connectivity index (χ1) is 5.77. The Morgan fingerprint density at radius 1 is 1.17 bits per heavy atom. The second-order valence-corrected chi connectivity index (χ2v) is 4.33. The van der Waals surface area contributed by atoms with E-state index in [4.69, 9.17) is 5.41 Å². The summed E-state index contributed by atoms with van der Waals surface area (Å²) in [6.07, 6.45) is 5.11. The van der Waals surface area contributed by atoms with Crippen molar-refractivity contribution in [2.75, 3.05) is 13.1 Å². The minimum absolute atomic E-state index is 0.637. The van der Waals surface area contributed by atoms with E-state index in [1.54, 1.807) is 0 Å². The zero-order chi connectivity index (χ0) is 8.55. The van der Waals surface area contributed by atoms with E-state index in [1.165, 1.54) is 25.7 Å². The SMILES string of the molecule is CC1CCN(C(=N)C2CC2)CC1. The van der Waals surface area contributed by atoms with Crippen LogP contribution >= 0.6 is 0 Å². The molecule has 2 nitrogen and oxygen atoms in total. The van der Waals surface area contributed by atoms with Gasteiger partial charge in [0.1, 0.15) is 0 Å². The van der Waals surface area contributed by atoms with Crippen molar-refractivity contribution >= 4 is 5.84 Å². The molecule has 1 saturated carbocycles. The maximum Gasteiger partial charge on any atom is 0.0989 e. The molecule has 1 N–H and O–H groups in total. The second kappa shape index (κ2) is 3.08. The molecule has 0 aromatic rings. The lowest BCUT2D eigenvalue weighted by atomic mass is 9.99. The van der Waals surface area contributed by atoms with E-state index < -0.39 is 0 Å². The van der Waals surface area contributed by atoms with Gasteiger partial charge in [-0.25, -0.2) is 0 Å². The van der Waals surface area contributed by atoms with Crippen LogP contribution in [0.4, 0.5) is 0 Å². The zero-order valence-electron chi connectivity index (χ0n) is 7.84. The van der Waals surface area contributed by atoms with Crippen molar-refractivity contribution in [3.8, 4) is 0 Å². The zero-order valence-corrected chi connectivity index (χ0v) is 7.84. The summed E-state index contributed by atoms with van der Waals surface area (Å²) in [7, 11) is 0. The number of nitrogens with one attached hydrogen (secondary N) is 1. The lowest BCUT2D eigenvalue weighted by Crippen LogP contribution is -2.38. The average molecular weight is 166 g/mol. The monoisotopic (exact) mass is 166 g/mol. The number of amidine groups is 1. The van der Waals surface area contributed by atoms with Crippen LogP contribution in [-0.4, -0.2) is 23.8 Å². The first-order valence-corrected chi connectivity index (χ1v) is 5.11. The van der Waals surface area contributed by atoms with Gasteiger partial charge in [0, 0.05) is 19.0 Å². The molecular weight excluding hydrogens is 148 g/mol. The second-order valence-electron chi connectivity index (χ2n) is 4.33. The van der Waals surface area contributed by atoms with E-state index in [-0.39, 0.29) is 0 Å². The molecule has 2 fully saturated rings. The largest absolute Gasteiger partial charge is 0.360 e. The fourth-order valence-corrected chi connectivity index (χ4v) is 1.86. The highest BCUT2D eigenvalue weighted by molar-refractivity contribution is 5.83. The van der Waals surface area contributed by atoms with E-state index in [1.807, 2.05) is 0 Å². The van der Waals surface area contributed by atoms with E-state index in [2.05, 4.69) is 11.8 Å². The molecule has 0 radical (unpaired) electrons. The van der Waals surface area contributed by atoms with Crippen molar-refractivity contribution in [2.24, 2.45) is 11.8 Å². The van der Waals surface area contributed by atoms with Crippen molar-refractivity contribution in [3.63, 3.8) is 0 Å². The van der Waals surface area contributed by atoms with Crippen LogP contribution in [0.1, 0.15) is 32.6 Å². The smallest absolute Gasteiger partial charge is 0.0989 e. The minimum Gasteiger partial charge on any atom is -0.360 e. The van der Waals surface area contributed by atoms with Crippen LogP contribution in [0, 0.1) is 17.2 Å². The maximum atomic E-state index is 7.89. The molecule has 0 atom stereocenters. The molecule has 0 spiro atoms. The summed E-state index contributed by atoms with van der Waals surface area (Å²) in [5.41, 5.74) is 0. The molecule has 0 aromatic carbocycles. The van der Waals surface area contributed by atoms with Gasteiger partial charge in [-0.1, -0.05) is 6.92 Å². The lowest BCUT2D eigenvalue weighted by molar-refractivity contribution is 0.274. The van der Waals surface area contributed by atoms with E-state index >= 15 is 0 Å². The summed E-state index contributed by atoms with van der Waals surface area (Å²) >= 11 is 0. The fraction of sp³-hybridized carbons (Fsp3) is 0.900. The number of piperidine rings is 1. The van der Waals surface area contributed by atoms with E-state index in [9.17, 15) is 0 Å². The van der Waals surface area contributed by atoms with Crippen LogP contribution in [-0.2, 0) is 0 Å². The third-order valence-electron chi connectivity index (χ3n) is 3.09. The summed E-state index contributed by atoms with van der Waals surface area (Å²) in [6, 6.07) is 0. The molecule has 2 aliphatic rings. The van der Waals surface area contributed by atoms with Crippen LogP contribution in [0.3, 0.4) is 0 Å². The Balaban J connectivity index is 1.84. The van der Waals surface area contributed by atoms with E-state index in [0.29, 0.717) is 5.92 Å². The molecule has 0 bridgehead atoms. The Morgan fingerprint density at radius 3 is 2.25 bits per heavy atom. The van der Waals surface area contributed by atoms with Crippen molar-refractivity contribution in [2.45, 2.75) is 32.6 Å². The van der Waals surface area contributed by atoms with Gasteiger partial charge in [0.05, 0.1) is 5.84 Å². The number of hydrogen-bond donors (Lipinski definition) is 1. The topological polar surface area (TPSA) is 27.1 Å². The summed E-state index contributed by atoms with van der Waals surface area (Å²) in [6.45, 7) is 4.59. The Labute approximate surface area is 74.5 Å². The highest BCUT2D eigenvalue weighted by Gasteiger charge is 2.31. The molecule has 1 aliphatic carbocycles. The summed E-state index contributed by atoms with van der Waals surface area (Å²) in [5.74, 6) is 2.45. The Hall–Kier alpha value is -0.530. The number of nitrogens with zero attached hydrogens (tertiary/aromatic N) is 1. The van der Waals surface area contributed by atoms with Gasteiger partial charge in [0.15, 0.2) is 0 Å². The van der Waals surface area contributed by atoms with Gasteiger partial charge in [0.25, 0.3) is 0 Å². The average Bonchev–Trinajstić information content (AvgIpc) is 2.87. The molecule has 2 heteroatoms. The Morgan fingerprint density at radius 2 is 1.75 bits per heavy atom. The van der Waals surface area contributed by atoms with Crippen molar-refractivity contribution in [1.29, 1.82) is 5.41 Å². The molecule has 0 amide bonds. The third-order valence-corrected chi connectivity index (χ3v) is 3.09. The highest BCUT2D eigenvalue weighted by Crippen LogP contribution is 2.32. The lowest BCUT2D eigenvalue weighted by Gasteiger charge is -2.32. The predicted octanol–water partition coefficient (Wildman–Crippen LogP) is 2.11. The first-order valence-electron chi connectivity index (χ1n) is 5.11. The van der Waals surface area contributed by atoms with Gasteiger partial charge >= 0.3 is 0 Å². The summed E-state index contributed by atoms with van der Waals surface area (Å²) < 4.78 is 0. The quantitative estimate of drug-likeness (QED) is 0.469. The Bertz CT molecular complexity index is 176. The van der Waals surface area contributed by atoms with Crippen LogP contribution in [0.2, 0.25) is 0 Å². The maximum absolute atomic E-state index is 7.89. The molecule has 1 aliphatic heterocycles. The van der Waals surface area contributed by atoms with Crippen molar-refractivity contribution in [3.05, 3.63) is 0 Å². The molecular formula is C10H18N2. The number of rotatable bonds is 1. The molecule has 12 heavy (non-hydrogen) atoms. The summed E-state index contributed by atoms with van der Waals surface area (Å²) in [4.78, 5) is 2.29. The van der Waals surface area contributed by atoms with Gasteiger partial charge in [0.2, 0.25) is 0 Å². The van der Waals surface area contributed by atoms with Crippen LogP contribution in [0.25, 0.3) is 0 Å². The summed E-state index contributed by atoms with van der Waals surface area (Å²) in [5, 5.41) is 7.89. The Kier molecular flexibility index (Phi) is 2.07. The van der Waals surface area contributed by atoms with Gasteiger partial charge in [-0.05, 0) is 31.6 Å². The standard InChI is InChI=1S/C10H18N2/c1-8-4-6-12(7-5-8)10(11)9-2-3-9/h8-9,11H,2-7H2,1H3. The van der Waals surface area contributed by atoms with Crippen LogP contribution in [0.5, 0.6) is 0 Å². The fourth-order valence-electron chi connectivity index (χ4n) is 1.86. The normalized spacial score (nSPS) is 25.9. The van der Waals surface area contributed by atoms with E-state index in [0.717, 1.165) is 24.8 Å². The number of hydrogen-bond acceptors (Lipinski definition) is 1. The van der Waals surface area contributed by atoms with Gasteiger partial charge in [-0.3, -0.25) is 5.41 Å². The first kappa shape index (κ1) is 8.09. The molecule has 0 aromatic heterocycles. The van der Waals surface area contributed by atoms with Crippen LogP contribution < -0.4 is 0 Å². The van der Waals surface area contributed by atoms with Gasteiger partial charge in [-0.2, -0.15) is 0 Å². The van der Waals surface area contributed by atoms with Gasteiger partial charge < -0.3 is 4.90 Å². The van der Waals surface area contributed by atoms with Gasteiger partial charge in [-0.15, -0.1) is 0 Å². The minimum atomic E-state index is 0.637. The highest BCUT2D eigenvalue weighted by atomic mass is 15.2. The van der Waals surface area contributed by atoms with Crippen molar-refractivity contribution < 1.29 is 0 Å². The van der Waals surface area contributed by atoms with Crippen LogP contribution in [0.15, 0.2) is 0 Å². The molecule has 2 rings (SSSR count). The molecule has 0 unspecified atom stereocenters. The predicted molar refractivity (Wildman–Crippen MR) is 50.4 cm³/mol.